The standard InChI is InChI=1S/C13H17FN2O.ClH/c1-9-7-10(4-5-11(9)14)8-16-13(17)12-3-2-6-15-12;/h4-5,7,12,15H,2-3,6,8H2,1H3,(H,16,17);1H. The Morgan fingerprint density at radius 3 is 2.94 bits per heavy atom. The molecule has 2 N–H and O–H groups in total. The number of rotatable bonds is 3. The lowest BCUT2D eigenvalue weighted by Gasteiger charge is -2.11. The van der Waals surface area contributed by atoms with Crippen molar-refractivity contribution in [1.29, 1.82) is 0 Å². The monoisotopic (exact) mass is 272 g/mol. The molecule has 1 aromatic carbocycles. The van der Waals surface area contributed by atoms with Gasteiger partial charge in [-0.3, -0.25) is 4.79 Å². The number of aryl methyl sites for hydroxylation is 1. The molecule has 100 valence electrons. The van der Waals surface area contributed by atoms with Gasteiger partial charge in [0.2, 0.25) is 5.91 Å². The molecule has 18 heavy (non-hydrogen) atoms. The quantitative estimate of drug-likeness (QED) is 0.883. The first kappa shape index (κ1) is 14.9. The van der Waals surface area contributed by atoms with Crippen LogP contribution in [0.4, 0.5) is 4.39 Å². The van der Waals surface area contributed by atoms with Gasteiger partial charge in [0.05, 0.1) is 6.04 Å². The summed E-state index contributed by atoms with van der Waals surface area (Å²) in [5, 5.41) is 6.00. The second kappa shape index (κ2) is 6.71. The van der Waals surface area contributed by atoms with Gasteiger partial charge < -0.3 is 10.6 Å². The van der Waals surface area contributed by atoms with Crippen LogP contribution in [0.2, 0.25) is 0 Å². The van der Waals surface area contributed by atoms with E-state index in [1.165, 1.54) is 6.07 Å². The molecule has 0 aliphatic carbocycles. The van der Waals surface area contributed by atoms with Crippen LogP contribution in [-0.4, -0.2) is 18.5 Å². The predicted molar refractivity (Wildman–Crippen MR) is 71.3 cm³/mol. The van der Waals surface area contributed by atoms with Crippen LogP contribution in [0.3, 0.4) is 0 Å². The highest BCUT2D eigenvalue weighted by Gasteiger charge is 2.21. The second-order valence-corrected chi connectivity index (χ2v) is 4.45. The summed E-state index contributed by atoms with van der Waals surface area (Å²) in [6.45, 7) is 3.09. The number of hydrogen-bond donors (Lipinski definition) is 2. The van der Waals surface area contributed by atoms with Gasteiger partial charge in [-0.2, -0.15) is 0 Å². The number of carbonyl (C=O) groups excluding carboxylic acids is 1. The average Bonchev–Trinajstić information content (AvgIpc) is 2.84. The zero-order chi connectivity index (χ0) is 12.3. The van der Waals surface area contributed by atoms with Crippen molar-refractivity contribution in [3.63, 3.8) is 0 Å². The van der Waals surface area contributed by atoms with E-state index in [1.54, 1.807) is 19.1 Å². The van der Waals surface area contributed by atoms with E-state index in [-0.39, 0.29) is 30.2 Å². The molecule has 5 heteroatoms. The number of amides is 1. The number of carbonyl (C=O) groups is 1. The van der Waals surface area contributed by atoms with Crippen molar-refractivity contribution >= 4 is 18.3 Å². The molecule has 0 bridgehead atoms. The number of hydrogen-bond acceptors (Lipinski definition) is 2. The summed E-state index contributed by atoms with van der Waals surface area (Å²) in [4.78, 5) is 11.7. The maximum absolute atomic E-state index is 13.0. The van der Waals surface area contributed by atoms with Crippen LogP contribution in [0.1, 0.15) is 24.0 Å². The number of halogens is 2. The van der Waals surface area contributed by atoms with Gasteiger partial charge in [-0.25, -0.2) is 4.39 Å². The van der Waals surface area contributed by atoms with Crippen molar-refractivity contribution in [2.75, 3.05) is 6.54 Å². The molecule has 1 heterocycles. The molecule has 0 saturated carbocycles. The van der Waals surface area contributed by atoms with E-state index < -0.39 is 0 Å². The van der Waals surface area contributed by atoms with Gasteiger partial charge in [-0.1, -0.05) is 12.1 Å². The van der Waals surface area contributed by atoms with Gasteiger partial charge in [-0.15, -0.1) is 12.4 Å². The van der Waals surface area contributed by atoms with Crippen molar-refractivity contribution in [1.82, 2.24) is 10.6 Å². The number of benzene rings is 1. The molecule has 2 rings (SSSR count). The highest BCUT2D eigenvalue weighted by atomic mass is 35.5. The van der Waals surface area contributed by atoms with Crippen LogP contribution in [-0.2, 0) is 11.3 Å². The molecule has 1 fully saturated rings. The molecule has 3 nitrogen and oxygen atoms in total. The molecular weight excluding hydrogens is 255 g/mol. The lowest BCUT2D eigenvalue weighted by Crippen LogP contribution is -2.40. The molecule has 0 radical (unpaired) electrons. The molecule has 1 aliphatic rings. The van der Waals surface area contributed by atoms with Gasteiger partial charge in [0.15, 0.2) is 0 Å². The Hall–Kier alpha value is -1.13. The van der Waals surface area contributed by atoms with E-state index in [2.05, 4.69) is 10.6 Å². The van der Waals surface area contributed by atoms with E-state index in [0.29, 0.717) is 12.1 Å². The highest BCUT2D eigenvalue weighted by molar-refractivity contribution is 5.85. The minimum absolute atomic E-state index is 0. The third-order valence-corrected chi connectivity index (χ3v) is 3.07. The molecule has 1 unspecified atom stereocenters. The predicted octanol–water partition coefficient (Wildman–Crippen LogP) is 1.92. The van der Waals surface area contributed by atoms with Gasteiger partial charge in [0, 0.05) is 6.54 Å². The van der Waals surface area contributed by atoms with Gasteiger partial charge in [-0.05, 0) is 43.5 Å². The van der Waals surface area contributed by atoms with E-state index in [9.17, 15) is 9.18 Å². The van der Waals surface area contributed by atoms with E-state index in [0.717, 1.165) is 24.9 Å². The maximum atomic E-state index is 13.0. The molecule has 1 aromatic rings. The Labute approximate surface area is 113 Å². The van der Waals surface area contributed by atoms with Crippen LogP contribution >= 0.6 is 12.4 Å². The summed E-state index contributed by atoms with van der Waals surface area (Å²) in [7, 11) is 0. The fourth-order valence-electron chi connectivity index (χ4n) is 2.04. The van der Waals surface area contributed by atoms with Crippen LogP contribution in [0.25, 0.3) is 0 Å². The molecule has 1 aliphatic heterocycles. The number of nitrogens with one attached hydrogen (secondary N) is 2. The lowest BCUT2D eigenvalue weighted by molar-refractivity contribution is -0.122. The Bertz CT molecular complexity index is 419. The first-order valence-corrected chi connectivity index (χ1v) is 5.93. The molecule has 0 aromatic heterocycles. The zero-order valence-corrected chi connectivity index (χ0v) is 11.1. The Morgan fingerprint density at radius 2 is 2.33 bits per heavy atom. The van der Waals surface area contributed by atoms with Crippen LogP contribution in [0, 0.1) is 12.7 Å². The van der Waals surface area contributed by atoms with Crippen molar-refractivity contribution < 1.29 is 9.18 Å². The van der Waals surface area contributed by atoms with Crippen LogP contribution in [0.5, 0.6) is 0 Å². The third-order valence-electron chi connectivity index (χ3n) is 3.07. The van der Waals surface area contributed by atoms with E-state index >= 15 is 0 Å². The smallest absolute Gasteiger partial charge is 0.237 e. The Balaban J connectivity index is 0.00000162. The average molecular weight is 273 g/mol. The van der Waals surface area contributed by atoms with Crippen LogP contribution in [0.15, 0.2) is 18.2 Å². The van der Waals surface area contributed by atoms with Crippen molar-refractivity contribution in [3.05, 3.63) is 35.1 Å². The topological polar surface area (TPSA) is 41.1 Å². The summed E-state index contributed by atoms with van der Waals surface area (Å²) in [6, 6.07) is 4.84. The Kier molecular flexibility index (Phi) is 5.56. The first-order chi connectivity index (χ1) is 8.16. The van der Waals surface area contributed by atoms with Gasteiger partial charge in [0.25, 0.3) is 0 Å². The third kappa shape index (κ3) is 3.68. The fourth-order valence-corrected chi connectivity index (χ4v) is 2.04. The molecule has 1 amide bonds. The summed E-state index contributed by atoms with van der Waals surface area (Å²) in [6.07, 6.45) is 1.95. The maximum Gasteiger partial charge on any atom is 0.237 e. The molecule has 1 atom stereocenters. The Morgan fingerprint density at radius 1 is 1.56 bits per heavy atom. The van der Waals surface area contributed by atoms with Gasteiger partial charge in [0.1, 0.15) is 5.82 Å². The SMILES string of the molecule is Cc1cc(CNC(=O)C2CCCN2)ccc1F.Cl. The molecule has 0 spiro atoms. The largest absolute Gasteiger partial charge is 0.351 e. The molecular formula is C13H18ClFN2O. The normalized spacial score (nSPS) is 18.2. The minimum Gasteiger partial charge on any atom is -0.351 e. The first-order valence-electron chi connectivity index (χ1n) is 5.93. The fraction of sp³-hybridized carbons (Fsp3) is 0.462. The van der Waals surface area contributed by atoms with Gasteiger partial charge >= 0.3 is 0 Å². The van der Waals surface area contributed by atoms with Crippen molar-refractivity contribution in [2.45, 2.75) is 32.4 Å². The van der Waals surface area contributed by atoms with E-state index in [4.69, 9.17) is 0 Å². The summed E-state index contributed by atoms with van der Waals surface area (Å²) < 4.78 is 13.0. The van der Waals surface area contributed by atoms with Crippen molar-refractivity contribution in [3.8, 4) is 0 Å². The highest BCUT2D eigenvalue weighted by Crippen LogP contribution is 2.09. The zero-order valence-electron chi connectivity index (χ0n) is 10.3. The minimum atomic E-state index is -0.211. The molecule has 1 saturated heterocycles. The second-order valence-electron chi connectivity index (χ2n) is 4.45. The summed E-state index contributed by atoms with van der Waals surface area (Å²) in [5.41, 5.74) is 1.53. The lowest BCUT2D eigenvalue weighted by atomic mass is 10.1. The van der Waals surface area contributed by atoms with Crippen LogP contribution < -0.4 is 10.6 Å². The van der Waals surface area contributed by atoms with E-state index in [1.807, 2.05) is 0 Å². The van der Waals surface area contributed by atoms with Crippen molar-refractivity contribution in [2.24, 2.45) is 0 Å². The summed E-state index contributed by atoms with van der Waals surface area (Å²) in [5.74, 6) is -0.179. The summed E-state index contributed by atoms with van der Waals surface area (Å²) >= 11 is 0.